The molecule has 2 rings (SSSR count). The maximum absolute atomic E-state index is 11.1. The Hall–Kier alpha value is -0.220. The molecule has 0 radical (unpaired) electrons. The molecular weight excluding hydrogens is 200 g/mol. The van der Waals surface area contributed by atoms with Crippen molar-refractivity contribution in [3.05, 3.63) is 0 Å². The van der Waals surface area contributed by atoms with Crippen LogP contribution in [0.5, 0.6) is 0 Å². The van der Waals surface area contributed by atoms with Crippen molar-refractivity contribution >= 4 is 17.7 Å². The number of hydrogen-bond acceptors (Lipinski definition) is 3. The first-order valence-electron chi connectivity index (χ1n) is 5.21. The first-order chi connectivity index (χ1) is 6.69. The van der Waals surface area contributed by atoms with Crippen LogP contribution in [0.25, 0.3) is 0 Å². The van der Waals surface area contributed by atoms with E-state index in [2.05, 4.69) is 0 Å². The second kappa shape index (κ2) is 3.74. The topological polar surface area (TPSA) is 57.5 Å². The molecule has 0 amide bonds. The fourth-order valence-electron chi connectivity index (χ4n) is 2.28. The van der Waals surface area contributed by atoms with Crippen LogP contribution in [0.15, 0.2) is 0 Å². The van der Waals surface area contributed by atoms with Gasteiger partial charge in [0.1, 0.15) is 4.75 Å². The molecule has 2 saturated carbocycles. The number of aliphatic hydroxyl groups is 1. The number of rotatable bonds is 4. The lowest BCUT2D eigenvalue weighted by Gasteiger charge is -2.16. The average Bonchev–Trinajstić information content (AvgIpc) is 2.62. The van der Waals surface area contributed by atoms with Crippen LogP contribution in [0.1, 0.15) is 32.1 Å². The van der Waals surface area contributed by atoms with Gasteiger partial charge in [-0.05, 0) is 19.3 Å². The van der Waals surface area contributed by atoms with Crippen LogP contribution in [0.2, 0.25) is 0 Å². The smallest absolute Gasteiger partial charge is 0.320 e. The quantitative estimate of drug-likeness (QED) is 0.747. The molecule has 4 heteroatoms. The molecule has 0 aliphatic heterocycles. The van der Waals surface area contributed by atoms with Gasteiger partial charge in [0, 0.05) is 17.8 Å². The maximum atomic E-state index is 11.1. The molecule has 0 bridgehead atoms. The normalized spacial score (nSPS) is 37.4. The van der Waals surface area contributed by atoms with Gasteiger partial charge in [-0.2, -0.15) is 0 Å². The summed E-state index contributed by atoms with van der Waals surface area (Å²) in [4.78, 5) is 11.1. The third-order valence-corrected chi connectivity index (χ3v) is 5.21. The molecule has 2 N–H and O–H groups in total. The summed E-state index contributed by atoms with van der Waals surface area (Å²) in [5, 5.41) is 18.6. The van der Waals surface area contributed by atoms with Crippen molar-refractivity contribution in [2.45, 2.75) is 42.1 Å². The van der Waals surface area contributed by atoms with Gasteiger partial charge in [-0.15, -0.1) is 11.8 Å². The zero-order valence-corrected chi connectivity index (χ0v) is 8.92. The summed E-state index contributed by atoms with van der Waals surface area (Å²) in [5.41, 5.74) is 0. The zero-order valence-electron chi connectivity index (χ0n) is 8.11. The Morgan fingerprint density at radius 3 is 2.50 bits per heavy atom. The van der Waals surface area contributed by atoms with Gasteiger partial charge in [-0.3, -0.25) is 4.79 Å². The fraction of sp³-hybridized carbons (Fsp3) is 0.900. The van der Waals surface area contributed by atoms with E-state index in [0.717, 1.165) is 12.8 Å². The minimum Gasteiger partial charge on any atom is -0.480 e. The lowest BCUT2D eigenvalue weighted by atomic mass is 10.3. The van der Waals surface area contributed by atoms with Crippen molar-refractivity contribution in [2.24, 2.45) is 5.92 Å². The van der Waals surface area contributed by atoms with Crippen LogP contribution in [-0.2, 0) is 4.79 Å². The van der Waals surface area contributed by atoms with Gasteiger partial charge in [0.2, 0.25) is 0 Å². The van der Waals surface area contributed by atoms with Gasteiger partial charge < -0.3 is 10.2 Å². The third kappa shape index (κ3) is 1.65. The molecular formula is C10H16O3S. The highest BCUT2D eigenvalue weighted by Gasteiger charge is 2.61. The Labute approximate surface area is 87.9 Å². The van der Waals surface area contributed by atoms with Crippen LogP contribution in [0.4, 0.5) is 0 Å². The summed E-state index contributed by atoms with van der Waals surface area (Å²) in [6.45, 7) is 0.0199. The van der Waals surface area contributed by atoms with Crippen molar-refractivity contribution in [3.63, 3.8) is 0 Å². The van der Waals surface area contributed by atoms with Crippen molar-refractivity contribution < 1.29 is 15.0 Å². The first kappa shape index (κ1) is 10.3. The highest BCUT2D eigenvalue weighted by Crippen LogP contribution is 2.57. The van der Waals surface area contributed by atoms with E-state index < -0.39 is 10.7 Å². The molecule has 2 unspecified atom stereocenters. The molecule has 0 heterocycles. The van der Waals surface area contributed by atoms with Crippen LogP contribution < -0.4 is 0 Å². The largest absolute Gasteiger partial charge is 0.480 e. The van der Waals surface area contributed by atoms with E-state index in [0.29, 0.717) is 11.7 Å². The van der Waals surface area contributed by atoms with E-state index in [1.807, 2.05) is 0 Å². The van der Waals surface area contributed by atoms with Gasteiger partial charge in [0.05, 0.1) is 0 Å². The molecule has 0 spiro atoms. The van der Waals surface area contributed by atoms with Crippen LogP contribution in [0.3, 0.4) is 0 Å². The van der Waals surface area contributed by atoms with Gasteiger partial charge in [-0.1, -0.05) is 12.8 Å². The van der Waals surface area contributed by atoms with Crippen LogP contribution in [-0.4, -0.2) is 32.8 Å². The summed E-state index contributed by atoms with van der Waals surface area (Å²) in [6, 6.07) is 0. The number of carboxylic acid groups (broad SMARTS) is 1. The summed E-state index contributed by atoms with van der Waals surface area (Å²) in [6.07, 6.45) is 5.42. The molecule has 0 aromatic rings. The summed E-state index contributed by atoms with van der Waals surface area (Å²) in [5.74, 6) is -0.737. The minimum atomic E-state index is -0.728. The highest BCUT2D eigenvalue weighted by atomic mass is 32.2. The Kier molecular flexibility index (Phi) is 2.75. The second-order valence-corrected chi connectivity index (χ2v) is 5.93. The van der Waals surface area contributed by atoms with Gasteiger partial charge >= 0.3 is 5.97 Å². The van der Waals surface area contributed by atoms with Crippen molar-refractivity contribution in [2.75, 3.05) is 6.61 Å². The number of carbonyl (C=O) groups is 1. The summed E-state index contributed by atoms with van der Waals surface area (Å²) in [7, 11) is 0. The van der Waals surface area contributed by atoms with Crippen molar-refractivity contribution in [3.8, 4) is 0 Å². The number of thioether (sulfide) groups is 1. The predicted molar refractivity (Wildman–Crippen MR) is 55.4 cm³/mol. The Morgan fingerprint density at radius 2 is 2.07 bits per heavy atom. The lowest BCUT2D eigenvalue weighted by molar-refractivity contribution is -0.137. The number of hydrogen-bond donors (Lipinski definition) is 2. The molecule has 2 aliphatic carbocycles. The van der Waals surface area contributed by atoms with Crippen LogP contribution >= 0.6 is 11.8 Å². The molecule has 80 valence electrons. The number of aliphatic hydroxyl groups excluding tert-OH is 1. The van der Waals surface area contributed by atoms with E-state index in [9.17, 15) is 4.79 Å². The van der Waals surface area contributed by atoms with E-state index in [4.69, 9.17) is 10.2 Å². The SMILES string of the molecule is O=C(O)C1(SC2CCCC2)CC1CO. The highest BCUT2D eigenvalue weighted by molar-refractivity contribution is 8.02. The maximum Gasteiger partial charge on any atom is 0.320 e. The van der Waals surface area contributed by atoms with Gasteiger partial charge in [0.25, 0.3) is 0 Å². The predicted octanol–water partition coefficient (Wildman–Crippen LogP) is 1.50. The lowest BCUT2D eigenvalue weighted by Crippen LogP contribution is -2.24. The van der Waals surface area contributed by atoms with E-state index in [-0.39, 0.29) is 12.5 Å². The molecule has 3 nitrogen and oxygen atoms in total. The summed E-state index contributed by atoms with van der Waals surface area (Å²) < 4.78 is -0.635. The second-order valence-electron chi connectivity index (χ2n) is 4.30. The third-order valence-electron chi connectivity index (χ3n) is 3.31. The molecule has 0 aromatic heterocycles. The minimum absolute atomic E-state index is 0.00870. The molecule has 2 aliphatic rings. The fourth-order valence-corrected chi connectivity index (χ4v) is 4.11. The monoisotopic (exact) mass is 216 g/mol. The number of aliphatic carboxylic acids is 1. The van der Waals surface area contributed by atoms with Gasteiger partial charge in [0.15, 0.2) is 0 Å². The average molecular weight is 216 g/mol. The molecule has 2 fully saturated rings. The Bertz CT molecular complexity index is 238. The summed E-state index contributed by atoms with van der Waals surface area (Å²) >= 11 is 1.60. The van der Waals surface area contributed by atoms with Crippen molar-refractivity contribution in [1.82, 2.24) is 0 Å². The Balaban J connectivity index is 1.96. The zero-order chi connectivity index (χ0) is 10.2. The van der Waals surface area contributed by atoms with Gasteiger partial charge in [-0.25, -0.2) is 0 Å². The standard InChI is InChI=1S/C10H16O3S/c11-6-7-5-10(7,9(12)13)14-8-3-1-2-4-8/h7-8,11H,1-6H2,(H,12,13). The van der Waals surface area contributed by atoms with E-state index in [1.165, 1.54) is 12.8 Å². The first-order valence-corrected chi connectivity index (χ1v) is 6.09. The molecule has 0 aromatic carbocycles. The molecule has 14 heavy (non-hydrogen) atoms. The van der Waals surface area contributed by atoms with E-state index >= 15 is 0 Å². The number of carboxylic acids is 1. The van der Waals surface area contributed by atoms with Crippen LogP contribution in [0, 0.1) is 5.92 Å². The van der Waals surface area contributed by atoms with E-state index in [1.54, 1.807) is 11.8 Å². The Morgan fingerprint density at radius 1 is 1.43 bits per heavy atom. The molecule has 2 atom stereocenters. The molecule has 0 saturated heterocycles. The van der Waals surface area contributed by atoms with Crippen molar-refractivity contribution in [1.29, 1.82) is 0 Å².